The van der Waals surface area contributed by atoms with Gasteiger partial charge in [-0.3, -0.25) is 9.59 Å². The van der Waals surface area contributed by atoms with Crippen molar-refractivity contribution in [3.8, 4) is 5.75 Å². The molecule has 1 aromatic rings. The first-order valence-corrected chi connectivity index (χ1v) is 11.0. The number of fused-ring (bicyclic) bond motifs is 1. The summed E-state index contributed by atoms with van der Waals surface area (Å²) in [6, 6.07) is 2.67. The summed E-state index contributed by atoms with van der Waals surface area (Å²) in [5.74, 6) is -0.0918. The predicted molar refractivity (Wildman–Crippen MR) is 105 cm³/mol. The lowest BCUT2D eigenvalue weighted by Gasteiger charge is -2.30. The molecule has 0 aromatic heterocycles. The Kier molecular flexibility index (Phi) is 6.16. The topological polar surface area (TPSA) is 105 Å². The molecule has 2 atom stereocenters. The number of rotatable bonds is 5. The maximum atomic E-state index is 12.9. The number of sulfonamides is 1. The zero-order chi connectivity index (χ0) is 20.5. The van der Waals surface area contributed by atoms with Crippen molar-refractivity contribution in [2.24, 2.45) is 5.92 Å². The second-order valence-electron chi connectivity index (χ2n) is 7.31. The van der Waals surface area contributed by atoms with E-state index in [2.05, 4.69) is 17.6 Å². The third-order valence-electron chi connectivity index (χ3n) is 5.18. The van der Waals surface area contributed by atoms with Crippen molar-refractivity contribution in [1.82, 2.24) is 9.62 Å². The predicted octanol–water partition coefficient (Wildman–Crippen LogP) is 1.99. The van der Waals surface area contributed by atoms with Gasteiger partial charge in [-0.15, -0.1) is 0 Å². The minimum atomic E-state index is -4.02. The summed E-state index contributed by atoms with van der Waals surface area (Å²) in [4.78, 5) is 23.6. The van der Waals surface area contributed by atoms with Crippen LogP contribution in [0.25, 0.3) is 0 Å². The molecular formula is C18H24ClN3O5S. The zero-order valence-electron chi connectivity index (χ0n) is 15.8. The maximum Gasteiger partial charge on any atom is 0.262 e. The van der Waals surface area contributed by atoms with Gasteiger partial charge in [-0.05, 0) is 24.8 Å². The van der Waals surface area contributed by atoms with E-state index in [4.69, 9.17) is 16.3 Å². The van der Waals surface area contributed by atoms with Gasteiger partial charge in [0.15, 0.2) is 6.61 Å². The molecule has 1 aliphatic heterocycles. The maximum absolute atomic E-state index is 12.9. The first-order valence-electron chi connectivity index (χ1n) is 9.20. The van der Waals surface area contributed by atoms with Gasteiger partial charge in [0.25, 0.3) is 5.91 Å². The van der Waals surface area contributed by atoms with Crippen molar-refractivity contribution in [2.45, 2.75) is 43.5 Å². The van der Waals surface area contributed by atoms with E-state index in [0.717, 1.165) is 30.0 Å². The SMILES string of the molecule is C[C@@H]1CCCC[C@@H]1NC(=O)CN(C)S(=O)(=O)c1cc2c(cc1Cl)NC(=O)CO2. The molecule has 1 heterocycles. The van der Waals surface area contributed by atoms with Gasteiger partial charge in [0, 0.05) is 19.2 Å². The Morgan fingerprint density at radius 1 is 1.36 bits per heavy atom. The van der Waals surface area contributed by atoms with Gasteiger partial charge in [0.1, 0.15) is 10.6 Å². The van der Waals surface area contributed by atoms with Gasteiger partial charge in [0.05, 0.1) is 17.3 Å². The molecule has 0 bridgehead atoms. The molecule has 28 heavy (non-hydrogen) atoms. The number of nitrogens with one attached hydrogen (secondary N) is 2. The number of halogens is 1. The van der Waals surface area contributed by atoms with Gasteiger partial charge in [-0.1, -0.05) is 31.4 Å². The molecule has 0 saturated heterocycles. The van der Waals surface area contributed by atoms with E-state index >= 15 is 0 Å². The van der Waals surface area contributed by atoms with Crippen molar-refractivity contribution in [2.75, 3.05) is 25.5 Å². The molecular weight excluding hydrogens is 406 g/mol. The molecule has 0 spiro atoms. The minimum absolute atomic E-state index is 0.0577. The number of hydrogen-bond acceptors (Lipinski definition) is 5. The highest BCUT2D eigenvalue weighted by molar-refractivity contribution is 7.89. The number of nitrogens with zero attached hydrogens (tertiary/aromatic N) is 1. The molecule has 0 radical (unpaired) electrons. The molecule has 10 heteroatoms. The molecule has 2 aliphatic rings. The van der Waals surface area contributed by atoms with Gasteiger partial charge < -0.3 is 15.4 Å². The Labute approximate surface area is 169 Å². The molecule has 2 amide bonds. The quantitative estimate of drug-likeness (QED) is 0.744. The molecule has 2 N–H and O–H groups in total. The number of likely N-dealkylation sites (N-methyl/N-ethyl adjacent to an activating group) is 1. The number of ether oxygens (including phenoxy) is 1. The summed E-state index contributed by atoms with van der Waals surface area (Å²) >= 11 is 6.14. The van der Waals surface area contributed by atoms with Gasteiger partial charge >= 0.3 is 0 Å². The fourth-order valence-corrected chi connectivity index (χ4v) is 5.16. The van der Waals surface area contributed by atoms with Crippen LogP contribution in [0.15, 0.2) is 17.0 Å². The normalized spacial score (nSPS) is 22.2. The van der Waals surface area contributed by atoms with Crippen LogP contribution in [0.2, 0.25) is 5.02 Å². The highest BCUT2D eigenvalue weighted by atomic mass is 35.5. The van der Waals surface area contributed by atoms with E-state index in [9.17, 15) is 18.0 Å². The fourth-order valence-electron chi connectivity index (χ4n) is 3.52. The highest BCUT2D eigenvalue weighted by Gasteiger charge is 2.30. The summed E-state index contributed by atoms with van der Waals surface area (Å²) in [5.41, 5.74) is 0.312. The van der Waals surface area contributed by atoms with Gasteiger partial charge in [-0.2, -0.15) is 4.31 Å². The summed E-state index contributed by atoms with van der Waals surface area (Å²) in [5, 5.41) is 5.45. The number of anilines is 1. The molecule has 8 nitrogen and oxygen atoms in total. The number of amides is 2. The Hall–Kier alpha value is -1.84. The lowest BCUT2D eigenvalue weighted by molar-refractivity contribution is -0.122. The van der Waals surface area contributed by atoms with Crippen LogP contribution in [-0.2, 0) is 19.6 Å². The summed E-state index contributed by atoms with van der Waals surface area (Å²) in [6.45, 7) is 1.58. The lowest BCUT2D eigenvalue weighted by Crippen LogP contribution is -2.46. The Bertz CT molecular complexity index is 889. The van der Waals surface area contributed by atoms with E-state index in [1.165, 1.54) is 19.2 Å². The third-order valence-corrected chi connectivity index (χ3v) is 7.45. The lowest BCUT2D eigenvalue weighted by atomic mass is 9.86. The van der Waals surface area contributed by atoms with E-state index in [0.29, 0.717) is 11.6 Å². The first kappa shape index (κ1) is 20.9. The van der Waals surface area contributed by atoms with Gasteiger partial charge in [-0.25, -0.2) is 8.42 Å². The van der Waals surface area contributed by atoms with Crippen molar-refractivity contribution in [3.05, 3.63) is 17.2 Å². The number of carbonyl (C=O) groups is 2. The van der Waals surface area contributed by atoms with Crippen molar-refractivity contribution < 1.29 is 22.7 Å². The third kappa shape index (κ3) is 4.42. The molecule has 154 valence electrons. The second-order valence-corrected chi connectivity index (χ2v) is 9.73. The monoisotopic (exact) mass is 429 g/mol. The standard InChI is InChI=1S/C18H24ClN3O5S/c1-11-5-3-4-6-13(11)20-17(23)9-22(2)28(25,26)16-8-15-14(7-12(16)19)21-18(24)10-27-15/h7-8,11,13H,3-6,9-10H2,1-2H3,(H,20,23)(H,21,24)/t11-,13+/m1/s1. The van der Waals surface area contributed by atoms with Crippen LogP contribution in [0.4, 0.5) is 5.69 Å². The molecule has 1 aliphatic carbocycles. The zero-order valence-corrected chi connectivity index (χ0v) is 17.4. The fraction of sp³-hybridized carbons (Fsp3) is 0.556. The molecule has 1 saturated carbocycles. The number of carbonyl (C=O) groups excluding carboxylic acids is 2. The van der Waals surface area contributed by atoms with E-state index in [1.54, 1.807) is 0 Å². The molecule has 1 aromatic carbocycles. The second kappa shape index (κ2) is 8.26. The molecule has 0 unspecified atom stereocenters. The van der Waals surface area contributed by atoms with Crippen LogP contribution in [-0.4, -0.2) is 50.8 Å². The number of hydrogen-bond donors (Lipinski definition) is 2. The van der Waals surface area contributed by atoms with Crippen molar-refractivity contribution in [3.63, 3.8) is 0 Å². The first-order chi connectivity index (χ1) is 13.2. The largest absolute Gasteiger partial charge is 0.482 e. The van der Waals surface area contributed by atoms with Gasteiger partial charge in [0.2, 0.25) is 15.9 Å². The van der Waals surface area contributed by atoms with Crippen molar-refractivity contribution in [1.29, 1.82) is 0 Å². The van der Waals surface area contributed by atoms with Crippen LogP contribution >= 0.6 is 11.6 Å². The van der Waals surface area contributed by atoms with Crippen LogP contribution < -0.4 is 15.4 Å². The summed E-state index contributed by atoms with van der Waals surface area (Å²) in [6.07, 6.45) is 4.18. The smallest absolute Gasteiger partial charge is 0.262 e. The van der Waals surface area contributed by atoms with E-state index in [-0.39, 0.29) is 46.7 Å². The Morgan fingerprint density at radius 2 is 2.07 bits per heavy atom. The van der Waals surface area contributed by atoms with Crippen LogP contribution in [0.5, 0.6) is 5.75 Å². The van der Waals surface area contributed by atoms with E-state index in [1.807, 2.05) is 0 Å². The van der Waals surface area contributed by atoms with Crippen LogP contribution in [0.3, 0.4) is 0 Å². The average Bonchev–Trinajstić information content (AvgIpc) is 2.62. The Balaban J connectivity index is 1.73. The Morgan fingerprint density at radius 3 is 2.79 bits per heavy atom. The molecule has 3 rings (SSSR count). The highest BCUT2D eigenvalue weighted by Crippen LogP contribution is 2.36. The average molecular weight is 430 g/mol. The number of benzene rings is 1. The van der Waals surface area contributed by atoms with Crippen LogP contribution in [0.1, 0.15) is 32.6 Å². The summed E-state index contributed by atoms with van der Waals surface area (Å²) in [7, 11) is -2.69. The van der Waals surface area contributed by atoms with Crippen molar-refractivity contribution >= 4 is 39.1 Å². The van der Waals surface area contributed by atoms with Crippen LogP contribution in [0, 0.1) is 5.92 Å². The van der Waals surface area contributed by atoms with E-state index < -0.39 is 10.0 Å². The minimum Gasteiger partial charge on any atom is -0.482 e. The summed E-state index contributed by atoms with van der Waals surface area (Å²) < 4.78 is 32.1. The molecule has 1 fully saturated rings.